The lowest BCUT2D eigenvalue weighted by molar-refractivity contribution is 0.278. The Kier molecular flexibility index (Phi) is 4.57. The molecule has 3 heterocycles. The Labute approximate surface area is 155 Å². The number of benzene rings is 1. The van der Waals surface area contributed by atoms with Gasteiger partial charge in [0, 0.05) is 38.8 Å². The van der Waals surface area contributed by atoms with Gasteiger partial charge in [-0.2, -0.15) is 5.10 Å². The molecule has 1 aliphatic heterocycles. The van der Waals surface area contributed by atoms with Gasteiger partial charge < -0.3 is 4.90 Å². The van der Waals surface area contributed by atoms with Crippen LogP contribution in [0.5, 0.6) is 0 Å². The second kappa shape index (κ2) is 7.03. The predicted octanol–water partition coefficient (Wildman–Crippen LogP) is 2.79. The van der Waals surface area contributed by atoms with Gasteiger partial charge >= 0.3 is 0 Å². The fraction of sp³-hybridized carbons (Fsp3) is 0.316. The fourth-order valence-electron chi connectivity index (χ4n) is 3.39. The summed E-state index contributed by atoms with van der Waals surface area (Å²) < 4.78 is 28.3. The molecule has 0 N–H and O–H groups in total. The van der Waals surface area contributed by atoms with Gasteiger partial charge in [0.05, 0.1) is 17.3 Å². The Morgan fingerprint density at radius 3 is 2.59 bits per heavy atom. The van der Waals surface area contributed by atoms with Crippen LogP contribution in [0, 0.1) is 11.6 Å². The van der Waals surface area contributed by atoms with Crippen molar-refractivity contribution in [1.29, 1.82) is 0 Å². The van der Waals surface area contributed by atoms with Crippen molar-refractivity contribution in [2.24, 2.45) is 0 Å². The largest absolute Gasteiger partial charge is 0.353 e. The van der Waals surface area contributed by atoms with Gasteiger partial charge in [0.1, 0.15) is 12.1 Å². The average molecular weight is 370 g/mol. The van der Waals surface area contributed by atoms with E-state index in [1.807, 2.05) is 6.92 Å². The van der Waals surface area contributed by atoms with Crippen LogP contribution in [0.2, 0.25) is 0 Å². The molecule has 0 unspecified atom stereocenters. The molecule has 0 amide bonds. The van der Waals surface area contributed by atoms with Crippen LogP contribution >= 0.6 is 0 Å². The predicted molar refractivity (Wildman–Crippen MR) is 100 cm³/mol. The van der Waals surface area contributed by atoms with Gasteiger partial charge in [-0.1, -0.05) is 12.2 Å². The first-order valence-electron chi connectivity index (χ1n) is 8.79. The van der Waals surface area contributed by atoms with E-state index in [0.29, 0.717) is 11.3 Å². The maximum absolute atomic E-state index is 13.6. The van der Waals surface area contributed by atoms with E-state index in [-0.39, 0.29) is 0 Å². The van der Waals surface area contributed by atoms with Gasteiger partial charge in [-0.25, -0.2) is 23.4 Å². The van der Waals surface area contributed by atoms with Gasteiger partial charge in [0.2, 0.25) is 0 Å². The molecule has 140 valence electrons. The summed E-state index contributed by atoms with van der Waals surface area (Å²) in [6.45, 7) is 10.5. The molecular weight excluding hydrogens is 350 g/mol. The quantitative estimate of drug-likeness (QED) is 0.661. The number of aromatic nitrogens is 4. The van der Waals surface area contributed by atoms with Crippen LogP contribution in [0.15, 0.2) is 42.9 Å². The van der Waals surface area contributed by atoms with Crippen LogP contribution < -0.4 is 4.90 Å². The number of nitrogens with zero attached hydrogens (tertiary/aromatic N) is 6. The van der Waals surface area contributed by atoms with E-state index in [4.69, 9.17) is 0 Å². The summed E-state index contributed by atoms with van der Waals surface area (Å²) in [4.78, 5) is 13.3. The summed E-state index contributed by atoms with van der Waals surface area (Å²) in [5, 5.41) is 5.11. The standard InChI is InChI=1S/C19H20F2N6/c1-13(2)11-25-5-7-26(8-6-25)18-15-10-24-27(19(15)23-12-22-18)14-3-4-16(20)17(21)9-14/h3-4,9-10,12H,1,5-8,11H2,2H3. The Balaban J connectivity index is 1.63. The van der Waals surface area contributed by atoms with E-state index in [9.17, 15) is 8.78 Å². The monoisotopic (exact) mass is 370 g/mol. The van der Waals surface area contributed by atoms with Crippen molar-refractivity contribution in [3.05, 3.63) is 54.5 Å². The third-order valence-electron chi connectivity index (χ3n) is 4.66. The summed E-state index contributed by atoms with van der Waals surface area (Å²) in [5.74, 6) is -0.999. The lowest BCUT2D eigenvalue weighted by atomic mass is 10.2. The molecule has 4 rings (SSSR count). The lowest BCUT2D eigenvalue weighted by Crippen LogP contribution is -2.47. The van der Waals surface area contributed by atoms with Crippen molar-refractivity contribution in [1.82, 2.24) is 24.6 Å². The van der Waals surface area contributed by atoms with Crippen molar-refractivity contribution < 1.29 is 8.78 Å². The molecular formula is C19H20F2N6. The molecule has 0 atom stereocenters. The number of piperazine rings is 1. The molecule has 0 bridgehead atoms. The minimum absolute atomic E-state index is 0.417. The summed E-state index contributed by atoms with van der Waals surface area (Å²) >= 11 is 0. The highest BCUT2D eigenvalue weighted by molar-refractivity contribution is 5.87. The van der Waals surface area contributed by atoms with E-state index in [2.05, 4.69) is 31.4 Å². The molecule has 27 heavy (non-hydrogen) atoms. The minimum Gasteiger partial charge on any atom is -0.353 e. The first kappa shape index (κ1) is 17.5. The zero-order valence-corrected chi connectivity index (χ0v) is 15.1. The number of fused-ring (bicyclic) bond motifs is 1. The SMILES string of the molecule is C=C(C)CN1CCN(c2ncnc3c2cnn3-c2ccc(F)c(F)c2)CC1. The number of halogens is 2. The van der Waals surface area contributed by atoms with Crippen molar-refractivity contribution in [3.8, 4) is 5.69 Å². The third kappa shape index (κ3) is 3.40. The number of hydrogen-bond donors (Lipinski definition) is 0. The zero-order chi connectivity index (χ0) is 19.0. The molecule has 1 aromatic carbocycles. The molecule has 0 aliphatic carbocycles. The molecule has 1 fully saturated rings. The van der Waals surface area contributed by atoms with Crippen molar-refractivity contribution in [2.45, 2.75) is 6.92 Å². The number of anilines is 1. The van der Waals surface area contributed by atoms with Gasteiger partial charge in [0.15, 0.2) is 17.3 Å². The van der Waals surface area contributed by atoms with Gasteiger partial charge in [-0.15, -0.1) is 0 Å². The molecule has 2 aromatic heterocycles. The normalized spacial score (nSPS) is 15.4. The van der Waals surface area contributed by atoms with Crippen LogP contribution in [-0.2, 0) is 0 Å². The smallest absolute Gasteiger partial charge is 0.168 e. The summed E-state index contributed by atoms with van der Waals surface area (Å²) in [7, 11) is 0. The Bertz CT molecular complexity index is 991. The third-order valence-corrected chi connectivity index (χ3v) is 4.66. The van der Waals surface area contributed by atoms with Gasteiger partial charge in [-0.05, 0) is 19.1 Å². The first-order valence-corrected chi connectivity index (χ1v) is 8.79. The molecule has 0 saturated carbocycles. The van der Waals surface area contributed by atoms with Gasteiger partial charge in [-0.3, -0.25) is 4.90 Å². The molecule has 1 saturated heterocycles. The number of hydrogen-bond acceptors (Lipinski definition) is 5. The summed E-state index contributed by atoms with van der Waals surface area (Å²) in [6.07, 6.45) is 3.15. The van der Waals surface area contributed by atoms with Crippen LogP contribution in [0.4, 0.5) is 14.6 Å². The highest BCUT2D eigenvalue weighted by Gasteiger charge is 2.21. The van der Waals surface area contributed by atoms with Gasteiger partial charge in [0.25, 0.3) is 0 Å². The van der Waals surface area contributed by atoms with E-state index in [0.717, 1.165) is 61.6 Å². The fourth-order valence-corrected chi connectivity index (χ4v) is 3.39. The van der Waals surface area contributed by atoms with Crippen LogP contribution in [-0.4, -0.2) is 57.4 Å². The van der Waals surface area contributed by atoms with E-state index < -0.39 is 11.6 Å². The van der Waals surface area contributed by atoms with Crippen molar-refractivity contribution >= 4 is 16.9 Å². The van der Waals surface area contributed by atoms with Crippen LogP contribution in [0.25, 0.3) is 16.7 Å². The van der Waals surface area contributed by atoms with E-state index in [1.54, 1.807) is 6.20 Å². The van der Waals surface area contributed by atoms with E-state index >= 15 is 0 Å². The second-order valence-electron chi connectivity index (χ2n) is 6.81. The topological polar surface area (TPSA) is 50.1 Å². The molecule has 6 nitrogen and oxygen atoms in total. The zero-order valence-electron chi connectivity index (χ0n) is 15.1. The van der Waals surface area contributed by atoms with E-state index in [1.165, 1.54) is 17.1 Å². The molecule has 0 spiro atoms. The summed E-state index contributed by atoms with van der Waals surface area (Å²) in [6, 6.07) is 3.67. The van der Waals surface area contributed by atoms with Crippen LogP contribution in [0.1, 0.15) is 6.92 Å². The van der Waals surface area contributed by atoms with Crippen LogP contribution in [0.3, 0.4) is 0 Å². The molecule has 8 heteroatoms. The Morgan fingerprint density at radius 2 is 1.89 bits per heavy atom. The average Bonchev–Trinajstić information content (AvgIpc) is 3.08. The Morgan fingerprint density at radius 1 is 1.11 bits per heavy atom. The Hall–Kier alpha value is -2.87. The van der Waals surface area contributed by atoms with Crippen molar-refractivity contribution in [3.63, 3.8) is 0 Å². The minimum atomic E-state index is -0.918. The highest BCUT2D eigenvalue weighted by Crippen LogP contribution is 2.26. The maximum atomic E-state index is 13.6. The highest BCUT2D eigenvalue weighted by atomic mass is 19.2. The maximum Gasteiger partial charge on any atom is 0.168 e. The molecule has 0 radical (unpaired) electrons. The number of rotatable bonds is 4. The van der Waals surface area contributed by atoms with Crippen molar-refractivity contribution in [2.75, 3.05) is 37.6 Å². The second-order valence-corrected chi connectivity index (χ2v) is 6.81. The molecule has 3 aromatic rings. The lowest BCUT2D eigenvalue weighted by Gasteiger charge is -2.35. The first-order chi connectivity index (χ1) is 13.0. The molecule has 1 aliphatic rings. The summed E-state index contributed by atoms with van der Waals surface area (Å²) in [5.41, 5.74) is 2.14.